The number of hydrogen-bond acceptors (Lipinski definition) is 4. The molecule has 0 saturated carbocycles. The van der Waals surface area contributed by atoms with Crippen molar-refractivity contribution in [2.45, 2.75) is 25.7 Å². The minimum atomic E-state index is -3.53. The zero-order valence-electron chi connectivity index (χ0n) is 11.0. The van der Waals surface area contributed by atoms with Crippen LogP contribution in [0.1, 0.15) is 18.1 Å². The molecule has 18 heavy (non-hydrogen) atoms. The van der Waals surface area contributed by atoms with E-state index in [1.165, 1.54) is 6.07 Å². The van der Waals surface area contributed by atoms with E-state index in [1.807, 2.05) is 13.8 Å². The van der Waals surface area contributed by atoms with Crippen molar-refractivity contribution in [3.05, 3.63) is 23.3 Å². The van der Waals surface area contributed by atoms with Gasteiger partial charge in [-0.25, -0.2) is 13.1 Å². The van der Waals surface area contributed by atoms with Crippen LogP contribution in [0.5, 0.6) is 0 Å². The van der Waals surface area contributed by atoms with Crippen LogP contribution in [-0.4, -0.2) is 28.2 Å². The molecule has 0 radical (unpaired) electrons. The maximum atomic E-state index is 12.1. The van der Waals surface area contributed by atoms with E-state index in [0.29, 0.717) is 24.5 Å². The molecule has 0 amide bonds. The van der Waals surface area contributed by atoms with Crippen LogP contribution in [0.2, 0.25) is 0 Å². The summed E-state index contributed by atoms with van der Waals surface area (Å²) in [6, 6.07) is 3.24. The number of anilines is 1. The normalized spacial score (nSPS) is 11.7. The molecule has 0 spiro atoms. The SMILES string of the molecule is CCOCCNS(=O)(=O)c1cc(N)cc(C)c1C. The fraction of sp³-hybridized carbons (Fsp3) is 0.500. The molecule has 102 valence electrons. The van der Waals surface area contributed by atoms with Gasteiger partial charge in [-0.15, -0.1) is 0 Å². The number of nitrogen functional groups attached to an aromatic ring is 1. The molecule has 0 heterocycles. The lowest BCUT2D eigenvalue weighted by Gasteiger charge is -2.12. The highest BCUT2D eigenvalue weighted by atomic mass is 32.2. The second kappa shape index (κ2) is 6.17. The van der Waals surface area contributed by atoms with Gasteiger partial charge in [-0.1, -0.05) is 0 Å². The van der Waals surface area contributed by atoms with Gasteiger partial charge in [-0.2, -0.15) is 0 Å². The molecular formula is C12H20N2O3S. The molecule has 0 aliphatic rings. The number of aryl methyl sites for hydroxylation is 1. The van der Waals surface area contributed by atoms with Gasteiger partial charge in [0, 0.05) is 18.8 Å². The third-order valence-electron chi connectivity index (χ3n) is 2.67. The molecule has 1 rings (SSSR count). The average Bonchev–Trinajstić information content (AvgIpc) is 2.29. The Morgan fingerprint density at radius 2 is 2.00 bits per heavy atom. The van der Waals surface area contributed by atoms with Crippen LogP contribution in [0.4, 0.5) is 5.69 Å². The van der Waals surface area contributed by atoms with Gasteiger partial charge in [0.2, 0.25) is 10.0 Å². The molecule has 0 saturated heterocycles. The predicted molar refractivity (Wildman–Crippen MR) is 72.0 cm³/mol. The number of nitrogens with two attached hydrogens (primary N) is 1. The quantitative estimate of drug-likeness (QED) is 0.602. The highest BCUT2D eigenvalue weighted by Crippen LogP contribution is 2.21. The molecule has 1 aromatic carbocycles. The van der Waals surface area contributed by atoms with Crippen molar-refractivity contribution in [1.82, 2.24) is 4.72 Å². The zero-order chi connectivity index (χ0) is 13.8. The highest BCUT2D eigenvalue weighted by Gasteiger charge is 2.17. The molecule has 0 aliphatic carbocycles. The van der Waals surface area contributed by atoms with E-state index in [-0.39, 0.29) is 11.4 Å². The lowest BCUT2D eigenvalue weighted by molar-refractivity contribution is 0.153. The molecule has 0 bridgehead atoms. The molecule has 0 aromatic heterocycles. The van der Waals surface area contributed by atoms with E-state index in [2.05, 4.69) is 4.72 Å². The van der Waals surface area contributed by atoms with Crippen molar-refractivity contribution in [2.24, 2.45) is 0 Å². The van der Waals surface area contributed by atoms with E-state index in [9.17, 15) is 8.42 Å². The van der Waals surface area contributed by atoms with Crippen molar-refractivity contribution in [3.63, 3.8) is 0 Å². The predicted octanol–water partition coefficient (Wildman–Crippen LogP) is 1.20. The van der Waals surface area contributed by atoms with Crippen molar-refractivity contribution < 1.29 is 13.2 Å². The van der Waals surface area contributed by atoms with Gasteiger partial charge in [0.25, 0.3) is 0 Å². The number of nitrogens with one attached hydrogen (secondary N) is 1. The van der Waals surface area contributed by atoms with Gasteiger partial charge >= 0.3 is 0 Å². The fourth-order valence-electron chi connectivity index (χ4n) is 1.60. The summed E-state index contributed by atoms with van der Waals surface area (Å²) >= 11 is 0. The summed E-state index contributed by atoms with van der Waals surface area (Å²) in [6.45, 7) is 6.65. The Balaban J connectivity index is 2.91. The second-order valence-corrected chi connectivity index (χ2v) is 5.79. The highest BCUT2D eigenvalue weighted by molar-refractivity contribution is 7.89. The Bertz CT molecular complexity index is 512. The van der Waals surface area contributed by atoms with Crippen LogP contribution in [0.25, 0.3) is 0 Å². The molecule has 1 aromatic rings. The molecular weight excluding hydrogens is 252 g/mol. The number of sulfonamides is 1. The summed E-state index contributed by atoms with van der Waals surface area (Å²) in [5, 5.41) is 0. The Hall–Kier alpha value is -1.11. The van der Waals surface area contributed by atoms with Crippen LogP contribution >= 0.6 is 0 Å². The molecule has 6 heteroatoms. The van der Waals surface area contributed by atoms with Crippen LogP contribution in [0.15, 0.2) is 17.0 Å². The zero-order valence-corrected chi connectivity index (χ0v) is 11.8. The Kier molecular flexibility index (Phi) is 5.13. The largest absolute Gasteiger partial charge is 0.399 e. The monoisotopic (exact) mass is 272 g/mol. The maximum absolute atomic E-state index is 12.1. The van der Waals surface area contributed by atoms with Gasteiger partial charge in [0.05, 0.1) is 11.5 Å². The summed E-state index contributed by atoms with van der Waals surface area (Å²) in [4.78, 5) is 0.233. The Labute approximate surface area is 108 Å². The summed E-state index contributed by atoms with van der Waals surface area (Å²) in [5.41, 5.74) is 7.71. The average molecular weight is 272 g/mol. The molecule has 0 aliphatic heterocycles. The fourth-order valence-corrected chi connectivity index (χ4v) is 2.97. The number of ether oxygens (including phenoxy) is 1. The van der Waals surface area contributed by atoms with Crippen molar-refractivity contribution >= 4 is 15.7 Å². The van der Waals surface area contributed by atoms with Crippen molar-refractivity contribution in [2.75, 3.05) is 25.5 Å². The van der Waals surface area contributed by atoms with E-state index in [0.717, 1.165) is 5.56 Å². The van der Waals surface area contributed by atoms with Crippen LogP contribution in [-0.2, 0) is 14.8 Å². The van der Waals surface area contributed by atoms with Crippen LogP contribution < -0.4 is 10.5 Å². The summed E-state index contributed by atoms with van der Waals surface area (Å²) in [6.07, 6.45) is 0. The molecule has 0 unspecified atom stereocenters. The summed E-state index contributed by atoms with van der Waals surface area (Å²) < 4.78 is 31.8. The lowest BCUT2D eigenvalue weighted by atomic mass is 10.1. The van der Waals surface area contributed by atoms with E-state index < -0.39 is 10.0 Å². The third kappa shape index (κ3) is 3.69. The first kappa shape index (κ1) is 14.9. The van der Waals surface area contributed by atoms with Gasteiger partial charge in [-0.05, 0) is 44.0 Å². The van der Waals surface area contributed by atoms with E-state index >= 15 is 0 Å². The van der Waals surface area contributed by atoms with Gasteiger partial charge < -0.3 is 10.5 Å². The minimum Gasteiger partial charge on any atom is -0.399 e. The first-order valence-electron chi connectivity index (χ1n) is 5.82. The smallest absolute Gasteiger partial charge is 0.240 e. The minimum absolute atomic E-state index is 0.233. The molecule has 0 atom stereocenters. The topological polar surface area (TPSA) is 81.4 Å². The summed E-state index contributed by atoms with van der Waals surface area (Å²) in [7, 11) is -3.53. The Morgan fingerprint density at radius 1 is 1.33 bits per heavy atom. The number of rotatable bonds is 6. The van der Waals surface area contributed by atoms with Gasteiger partial charge in [0.1, 0.15) is 0 Å². The lowest BCUT2D eigenvalue weighted by Crippen LogP contribution is -2.28. The number of benzene rings is 1. The maximum Gasteiger partial charge on any atom is 0.240 e. The third-order valence-corrected chi connectivity index (χ3v) is 4.26. The van der Waals surface area contributed by atoms with Crippen LogP contribution in [0, 0.1) is 13.8 Å². The van der Waals surface area contributed by atoms with E-state index in [1.54, 1.807) is 13.0 Å². The van der Waals surface area contributed by atoms with Crippen molar-refractivity contribution in [3.8, 4) is 0 Å². The number of hydrogen-bond donors (Lipinski definition) is 2. The standard InChI is InChI=1S/C12H20N2O3S/c1-4-17-6-5-14-18(15,16)12-8-11(13)7-9(2)10(12)3/h7-8,14H,4-6,13H2,1-3H3. The first-order chi connectivity index (χ1) is 8.38. The second-order valence-electron chi connectivity index (χ2n) is 4.06. The first-order valence-corrected chi connectivity index (χ1v) is 7.31. The molecule has 0 fully saturated rings. The Morgan fingerprint density at radius 3 is 2.61 bits per heavy atom. The van der Waals surface area contributed by atoms with Gasteiger partial charge in [-0.3, -0.25) is 0 Å². The molecule has 5 nitrogen and oxygen atoms in total. The van der Waals surface area contributed by atoms with Crippen molar-refractivity contribution in [1.29, 1.82) is 0 Å². The summed E-state index contributed by atoms with van der Waals surface area (Å²) in [5.74, 6) is 0. The van der Waals surface area contributed by atoms with Crippen LogP contribution in [0.3, 0.4) is 0 Å². The van der Waals surface area contributed by atoms with Gasteiger partial charge in [0.15, 0.2) is 0 Å². The van der Waals surface area contributed by atoms with E-state index in [4.69, 9.17) is 10.5 Å². The molecule has 3 N–H and O–H groups in total.